The van der Waals surface area contributed by atoms with E-state index < -0.39 is 0 Å². The lowest BCUT2D eigenvalue weighted by atomic mass is 9.93. The fourth-order valence-electron chi connectivity index (χ4n) is 3.74. The molecular weight excluding hydrogens is 404 g/mol. The molecule has 2 fully saturated rings. The van der Waals surface area contributed by atoms with Gasteiger partial charge >= 0.3 is 6.09 Å². The van der Waals surface area contributed by atoms with Gasteiger partial charge in [0.25, 0.3) is 0 Å². The zero-order chi connectivity index (χ0) is 20.5. The summed E-state index contributed by atoms with van der Waals surface area (Å²) in [5.74, 6) is 2.07. The van der Waals surface area contributed by atoms with Gasteiger partial charge in [-0.25, -0.2) is 19.7 Å². The molecule has 0 bridgehead atoms. The lowest BCUT2D eigenvalue weighted by molar-refractivity contribution is 0.126. The van der Waals surface area contributed by atoms with Crippen molar-refractivity contribution in [2.24, 2.45) is 0 Å². The Morgan fingerprint density at radius 1 is 1.07 bits per heavy atom. The van der Waals surface area contributed by atoms with E-state index in [1.54, 1.807) is 6.07 Å². The molecule has 1 aliphatic heterocycles. The number of anilines is 4. The Morgan fingerprint density at radius 2 is 1.90 bits per heavy atom. The third-order valence-corrected chi connectivity index (χ3v) is 6.19. The van der Waals surface area contributed by atoms with Gasteiger partial charge in [-0.1, -0.05) is 17.4 Å². The molecule has 156 valence electrons. The minimum atomic E-state index is -0.370. The third kappa shape index (κ3) is 4.01. The summed E-state index contributed by atoms with van der Waals surface area (Å²) in [6, 6.07) is 9.74. The van der Waals surface area contributed by atoms with Gasteiger partial charge in [0.15, 0.2) is 5.13 Å². The molecule has 4 heterocycles. The maximum atomic E-state index is 11.8. The summed E-state index contributed by atoms with van der Waals surface area (Å²) in [6.45, 7) is 0.885. The summed E-state index contributed by atoms with van der Waals surface area (Å²) in [4.78, 5) is 27.8. The second-order valence-corrected chi connectivity index (χ2v) is 8.44. The molecule has 10 heteroatoms. The number of thiazole rings is 1. The molecule has 3 N–H and O–H groups in total. The predicted molar refractivity (Wildman–Crippen MR) is 116 cm³/mol. The third-order valence-electron chi connectivity index (χ3n) is 5.31. The van der Waals surface area contributed by atoms with E-state index in [1.165, 1.54) is 16.2 Å². The molecule has 1 aliphatic carbocycles. The van der Waals surface area contributed by atoms with Crippen molar-refractivity contribution in [2.75, 3.05) is 28.7 Å². The molecule has 3 aromatic heterocycles. The molecule has 0 radical (unpaired) electrons. The number of ether oxygens (including phenoxy) is 1. The van der Waals surface area contributed by atoms with Crippen LogP contribution in [-0.4, -0.2) is 51.4 Å². The SMILES string of the molecule is O=C1OCCN1c1ccc2nc(Nc3cccc(NC4CCC(O)CC4)n3)sc2n1. The quantitative estimate of drug-likeness (QED) is 0.568. The zero-order valence-corrected chi connectivity index (χ0v) is 17.1. The van der Waals surface area contributed by atoms with Crippen LogP contribution in [-0.2, 0) is 4.74 Å². The number of carbonyl (C=O) groups is 1. The van der Waals surface area contributed by atoms with Gasteiger partial charge in [-0.05, 0) is 49.9 Å². The van der Waals surface area contributed by atoms with Crippen LogP contribution in [0.1, 0.15) is 25.7 Å². The van der Waals surface area contributed by atoms with Crippen LogP contribution in [0.3, 0.4) is 0 Å². The molecule has 0 atom stereocenters. The topological polar surface area (TPSA) is 112 Å². The second-order valence-electron chi connectivity index (χ2n) is 7.46. The van der Waals surface area contributed by atoms with Gasteiger partial charge in [0.05, 0.1) is 12.6 Å². The summed E-state index contributed by atoms with van der Waals surface area (Å²) < 4.78 is 4.98. The maximum Gasteiger partial charge on any atom is 0.415 e. The summed E-state index contributed by atoms with van der Waals surface area (Å²) in [7, 11) is 0. The van der Waals surface area contributed by atoms with Crippen LogP contribution >= 0.6 is 11.3 Å². The highest BCUT2D eigenvalue weighted by Gasteiger charge is 2.25. The number of nitrogens with one attached hydrogen (secondary N) is 2. The van der Waals surface area contributed by atoms with E-state index in [4.69, 9.17) is 4.74 Å². The van der Waals surface area contributed by atoms with Crippen molar-refractivity contribution in [3.05, 3.63) is 30.3 Å². The van der Waals surface area contributed by atoms with Crippen LogP contribution in [0.25, 0.3) is 10.3 Å². The summed E-state index contributed by atoms with van der Waals surface area (Å²) in [6.07, 6.45) is 2.99. The first-order valence-corrected chi connectivity index (χ1v) is 10.9. The van der Waals surface area contributed by atoms with Crippen LogP contribution in [0.5, 0.6) is 0 Å². The first kappa shape index (κ1) is 19.0. The largest absolute Gasteiger partial charge is 0.447 e. The molecule has 0 aromatic carbocycles. The molecule has 1 saturated heterocycles. The molecule has 0 unspecified atom stereocenters. The number of aliphatic hydroxyl groups is 1. The molecule has 30 heavy (non-hydrogen) atoms. The smallest absolute Gasteiger partial charge is 0.415 e. The van der Waals surface area contributed by atoms with Gasteiger partial charge in [0, 0.05) is 6.04 Å². The minimum Gasteiger partial charge on any atom is -0.447 e. The fourth-order valence-corrected chi connectivity index (χ4v) is 4.58. The van der Waals surface area contributed by atoms with E-state index in [2.05, 4.69) is 25.6 Å². The number of aromatic nitrogens is 3. The Hall–Kier alpha value is -2.98. The number of cyclic esters (lactones) is 1. The highest BCUT2D eigenvalue weighted by molar-refractivity contribution is 7.21. The number of rotatable bonds is 5. The van der Waals surface area contributed by atoms with Crippen LogP contribution in [0.2, 0.25) is 0 Å². The lowest BCUT2D eigenvalue weighted by Gasteiger charge is -2.26. The van der Waals surface area contributed by atoms with Crippen molar-refractivity contribution in [3.63, 3.8) is 0 Å². The highest BCUT2D eigenvalue weighted by Crippen LogP contribution is 2.29. The molecule has 0 spiro atoms. The van der Waals surface area contributed by atoms with E-state index in [0.717, 1.165) is 41.8 Å². The van der Waals surface area contributed by atoms with Crippen LogP contribution in [0.15, 0.2) is 30.3 Å². The Labute approximate surface area is 177 Å². The van der Waals surface area contributed by atoms with Gasteiger partial charge in [0.2, 0.25) is 0 Å². The maximum absolute atomic E-state index is 11.8. The Kier molecular flexibility index (Phi) is 5.09. The van der Waals surface area contributed by atoms with E-state index in [9.17, 15) is 9.90 Å². The van der Waals surface area contributed by atoms with E-state index in [-0.39, 0.29) is 12.2 Å². The van der Waals surface area contributed by atoms with Crippen LogP contribution < -0.4 is 15.5 Å². The highest BCUT2D eigenvalue weighted by atomic mass is 32.1. The van der Waals surface area contributed by atoms with Crippen molar-refractivity contribution in [3.8, 4) is 0 Å². The molecule has 1 amide bonds. The molecular formula is C20H22N6O3S. The Morgan fingerprint density at radius 3 is 2.70 bits per heavy atom. The van der Waals surface area contributed by atoms with Crippen LogP contribution in [0, 0.1) is 0 Å². The standard InChI is InChI=1S/C20H22N6O3S/c27-13-6-4-12(5-7-13)21-15-2-1-3-16(23-15)24-19-22-14-8-9-17(25-18(14)30-19)26-10-11-29-20(26)28/h1-3,8-9,12-13,27H,4-7,10-11H2,(H2,21,22,23,24). The molecule has 9 nitrogen and oxygen atoms in total. The van der Waals surface area contributed by atoms with Gasteiger partial charge in [-0.3, -0.25) is 4.90 Å². The molecule has 5 rings (SSSR count). The lowest BCUT2D eigenvalue weighted by Crippen LogP contribution is -2.28. The van der Waals surface area contributed by atoms with E-state index in [0.29, 0.717) is 36.0 Å². The number of amides is 1. The number of fused-ring (bicyclic) bond motifs is 1. The monoisotopic (exact) mass is 426 g/mol. The van der Waals surface area contributed by atoms with Crippen molar-refractivity contribution in [1.29, 1.82) is 0 Å². The average molecular weight is 427 g/mol. The Bertz CT molecular complexity index is 1070. The van der Waals surface area contributed by atoms with Gasteiger partial charge in [-0.2, -0.15) is 0 Å². The normalized spacial score (nSPS) is 21.6. The molecule has 2 aliphatic rings. The van der Waals surface area contributed by atoms with Crippen molar-refractivity contribution in [2.45, 2.75) is 37.8 Å². The van der Waals surface area contributed by atoms with Crippen molar-refractivity contribution >= 4 is 50.4 Å². The summed E-state index contributed by atoms with van der Waals surface area (Å²) in [5.41, 5.74) is 0.758. The fraction of sp³-hybridized carbons (Fsp3) is 0.400. The van der Waals surface area contributed by atoms with Crippen molar-refractivity contribution < 1.29 is 14.6 Å². The van der Waals surface area contributed by atoms with E-state index >= 15 is 0 Å². The summed E-state index contributed by atoms with van der Waals surface area (Å²) in [5, 5.41) is 17.1. The minimum absolute atomic E-state index is 0.173. The Balaban J connectivity index is 1.30. The van der Waals surface area contributed by atoms with E-state index in [1.807, 2.05) is 24.3 Å². The van der Waals surface area contributed by atoms with Gasteiger partial charge < -0.3 is 20.5 Å². The number of aliphatic hydroxyl groups excluding tert-OH is 1. The zero-order valence-electron chi connectivity index (χ0n) is 16.2. The first-order chi connectivity index (χ1) is 14.6. The molecule has 3 aromatic rings. The van der Waals surface area contributed by atoms with Gasteiger partial charge in [0.1, 0.15) is 34.4 Å². The predicted octanol–water partition coefficient (Wildman–Crippen LogP) is 3.50. The molecule has 1 saturated carbocycles. The number of hydrogen-bond donors (Lipinski definition) is 3. The van der Waals surface area contributed by atoms with Crippen LogP contribution in [0.4, 0.5) is 27.4 Å². The number of hydrogen-bond acceptors (Lipinski definition) is 9. The average Bonchev–Trinajstić information content (AvgIpc) is 3.34. The number of carbonyl (C=O) groups excluding carboxylic acids is 1. The number of nitrogens with zero attached hydrogens (tertiary/aromatic N) is 4. The van der Waals surface area contributed by atoms with Crippen molar-refractivity contribution in [1.82, 2.24) is 15.0 Å². The first-order valence-electron chi connectivity index (χ1n) is 10.0. The second kappa shape index (κ2) is 8.04. The number of pyridine rings is 2. The summed E-state index contributed by atoms with van der Waals surface area (Å²) >= 11 is 1.41. The van der Waals surface area contributed by atoms with Gasteiger partial charge in [-0.15, -0.1) is 0 Å².